The third-order valence-electron chi connectivity index (χ3n) is 5.19. The van der Waals surface area contributed by atoms with E-state index in [1.807, 2.05) is 18.2 Å². The van der Waals surface area contributed by atoms with Crippen LogP contribution in [0.1, 0.15) is 34.1 Å². The predicted molar refractivity (Wildman–Crippen MR) is 127 cm³/mol. The fourth-order valence-electron chi connectivity index (χ4n) is 3.41. The molecule has 166 valence electrons. The molecule has 4 aromatic rings. The number of aromatic amines is 1. The molecule has 0 aliphatic heterocycles. The number of rotatable bonds is 7. The third kappa shape index (κ3) is 5.07. The summed E-state index contributed by atoms with van der Waals surface area (Å²) in [5.41, 5.74) is 2.58. The van der Waals surface area contributed by atoms with Gasteiger partial charge in [0, 0.05) is 16.6 Å². The standard InChI is InChI=1S/C25H23N5O3/c1-2-20(28-23(31)16-12-13-21-17(14-16)15-26-30-21)25(33)29-22-11-7-6-10-19(22)24(32)27-18-8-4-3-5-9-18/h3-15,20H,2H2,1H3,(H,26,30)(H,27,32)(H,28,31)(H,29,33)/t20-/m1/s1. The monoisotopic (exact) mass is 441 g/mol. The Hall–Kier alpha value is -4.46. The molecule has 3 aromatic carbocycles. The van der Waals surface area contributed by atoms with Crippen LogP contribution in [0.2, 0.25) is 0 Å². The summed E-state index contributed by atoms with van der Waals surface area (Å²) in [6.45, 7) is 1.80. The summed E-state index contributed by atoms with van der Waals surface area (Å²) in [5.74, 6) is -1.12. The first kappa shape index (κ1) is 21.8. The highest BCUT2D eigenvalue weighted by Gasteiger charge is 2.22. The second-order valence-corrected chi connectivity index (χ2v) is 7.46. The van der Waals surface area contributed by atoms with Crippen molar-refractivity contribution in [3.63, 3.8) is 0 Å². The van der Waals surface area contributed by atoms with E-state index in [0.29, 0.717) is 28.9 Å². The summed E-state index contributed by atoms with van der Waals surface area (Å²) in [7, 11) is 0. The highest BCUT2D eigenvalue weighted by Crippen LogP contribution is 2.18. The largest absolute Gasteiger partial charge is 0.340 e. The van der Waals surface area contributed by atoms with Gasteiger partial charge in [-0.05, 0) is 48.9 Å². The minimum Gasteiger partial charge on any atom is -0.340 e. The van der Waals surface area contributed by atoms with Crippen molar-refractivity contribution in [1.82, 2.24) is 15.5 Å². The Morgan fingerprint density at radius 3 is 2.45 bits per heavy atom. The number of anilines is 2. The topological polar surface area (TPSA) is 116 Å². The van der Waals surface area contributed by atoms with Gasteiger partial charge in [0.15, 0.2) is 0 Å². The number of carbonyl (C=O) groups excluding carboxylic acids is 3. The molecule has 3 amide bonds. The average molecular weight is 441 g/mol. The van der Waals surface area contributed by atoms with E-state index in [2.05, 4.69) is 26.1 Å². The SMILES string of the molecule is CC[C@@H](NC(=O)c1ccc2[nH]ncc2c1)C(=O)Nc1ccccc1C(=O)Nc1ccccc1. The van der Waals surface area contributed by atoms with Gasteiger partial charge in [-0.2, -0.15) is 5.10 Å². The van der Waals surface area contributed by atoms with Crippen LogP contribution in [0.3, 0.4) is 0 Å². The van der Waals surface area contributed by atoms with Gasteiger partial charge in [0.2, 0.25) is 5.91 Å². The molecule has 0 saturated heterocycles. The number of benzene rings is 3. The fourth-order valence-corrected chi connectivity index (χ4v) is 3.41. The molecule has 0 aliphatic rings. The number of hydrogen-bond donors (Lipinski definition) is 4. The van der Waals surface area contributed by atoms with Crippen molar-refractivity contribution in [1.29, 1.82) is 0 Å². The molecule has 0 aliphatic carbocycles. The van der Waals surface area contributed by atoms with Crippen molar-refractivity contribution in [3.05, 3.63) is 90.1 Å². The Balaban J connectivity index is 1.46. The maximum atomic E-state index is 12.9. The second-order valence-electron chi connectivity index (χ2n) is 7.46. The van der Waals surface area contributed by atoms with Gasteiger partial charge in [0.25, 0.3) is 11.8 Å². The Labute approximate surface area is 190 Å². The lowest BCUT2D eigenvalue weighted by Crippen LogP contribution is -2.43. The van der Waals surface area contributed by atoms with Crippen molar-refractivity contribution >= 4 is 40.0 Å². The molecule has 0 spiro atoms. The van der Waals surface area contributed by atoms with Gasteiger partial charge < -0.3 is 16.0 Å². The molecule has 1 heterocycles. The van der Waals surface area contributed by atoms with Gasteiger partial charge in [-0.3, -0.25) is 19.5 Å². The van der Waals surface area contributed by atoms with Crippen LogP contribution in [0.25, 0.3) is 10.9 Å². The van der Waals surface area contributed by atoms with Crippen LogP contribution in [0.4, 0.5) is 11.4 Å². The van der Waals surface area contributed by atoms with Crippen molar-refractivity contribution < 1.29 is 14.4 Å². The molecule has 33 heavy (non-hydrogen) atoms. The van der Waals surface area contributed by atoms with E-state index in [1.165, 1.54) is 0 Å². The van der Waals surface area contributed by atoms with Gasteiger partial charge in [-0.15, -0.1) is 0 Å². The normalized spacial score (nSPS) is 11.5. The maximum Gasteiger partial charge on any atom is 0.257 e. The number of para-hydroxylation sites is 2. The first-order valence-electron chi connectivity index (χ1n) is 10.6. The Kier molecular flexibility index (Phi) is 6.45. The van der Waals surface area contributed by atoms with E-state index in [0.717, 1.165) is 10.9 Å². The van der Waals surface area contributed by atoms with Crippen molar-refractivity contribution in [2.75, 3.05) is 10.6 Å². The fraction of sp³-hybridized carbons (Fsp3) is 0.120. The summed E-state index contributed by atoms with van der Waals surface area (Å²) in [6, 6.07) is 20.2. The number of nitrogens with one attached hydrogen (secondary N) is 4. The molecule has 0 unspecified atom stereocenters. The Morgan fingerprint density at radius 2 is 1.67 bits per heavy atom. The van der Waals surface area contributed by atoms with Gasteiger partial charge in [0.05, 0.1) is 23.0 Å². The molecular formula is C25H23N5O3. The van der Waals surface area contributed by atoms with Gasteiger partial charge in [0.1, 0.15) is 6.04 Å². The number of H-pyrrole nitrogens is 1. The molecule has 8 nitrogen and oxygen atoms in total. The third-order valence-corrected chi connectivity index (χ3v) is 5.19. The number of nitrogens with zero attached hydrogens (tertiary/aromatic N) is 1. The van der Waals surface area contributed by atoms with Crippen molar-refractivity contribution in [2.24, 2.45) is 0 Å². The van der Waals surface area contributed by atoms with E-state index in [4.69, 9.17) is 0 Å². The Morgan fingerprint density at radius 1 is 0.909 bits per heavy atom. The van der Waals surface area contributed by atoms with E-state index in [9.17, 15) is 14.4 Å². The van der Waals surface area contributed by atoms with Crippen LogP contribution < -0.4 is 16.0 Å². The molecule has 0 saturated carbocycles. The summed E-state index contributed by atoms with van der Waals surface area (Å²) < 4.78 is 0. The highest BCUT2D eigenvalue weighted by atomic mass is 16.2. The second kappa shape index (κ2) is 9.78. The number of aromatic nitrogens is 2. The van der Waals surface area contributed by atoms with Crippen LogP contribution in [0.15, 0.2) is 79.0 Å². The van der Waals surface area contributed by atoms with Gasteiger partial charge >= 0.3 is 0 Å². The molecule has 1 aromatic heterocycles. The lowest BCUT2D eigenvalue weighted by Gasteiger charge is -2.18. The van der Waals surface area contributed by atoms with E-state index in [-0.39, 0.29) is 11.8 Å². The van der Waals surface area contributed by atoms with Crippen LogP contribution in [0.5, 0.6) is 0 Å². The molecular weight excluding hydrogens is 418 g/mol. The van der Waals surface area contributed by atoms with Gasteiger partial charge in [-0.25, -0.2) is 0 Å². The van der Waals surface area contributed by atoms with Crippen LogP contribution in [-0.2, 0) is 4.79 Å². The number of carbonyl (C=O) groups is 3. The zero-order valence-corrected chi connectivity index (χ0v) is 18.0. The zero-order valence-electron chi connectivity index (χ0n) is 18.0. The van der Waals surface area contributed by atoms with Crippen LogP contribution >= 0.6 is 0 Å². The highest BCUT2D eigenvalue weighted by molar-refractivity contribution is 6.11. The Bertz CT molecular complexity index is 1300. The maximum absolute atomic E-state index is 12.9. The summed E-state index contributed by atoms with van der Waals surface area (Å²) >= 11 is 0. The smallest absolute Gasteiger partial charge is 0.257 e. The number of amides is 3. The predicted octanol–water partition coefficient (Wildman–Crippen LogP) is 3.96. The molecule has 8 heteroatoms. The van der Waals surface area contributed by atoms with Gasteiger partial charge in [-0.1, -0.05) is 37.3 Å². The molecule has 0 fully saturated rings. The van der Waals surface area contributed by atoms with Crippen molar-refractivity contribution in [2.45, 2.75) is 19.4 Å². The zero-order chi connectivity index (χ0) is 23.2. The molecule has 1 atom stereocenters. The minimum atomic E-state index is -0.775. The van der Waals surface area contributed by atoms with E-state index < -0.39 is 11.9 Å². The number of fused-ring (bicyclic) bond motifs is 1. The minimum absolute atomic E-state index is 0.321. The summed E-state index contributed by atoms with van der Waals surface area (Å²) in [6.07, 6.45) is 2.01. The van der Waals surface area contributed by atoms with E-state index >= 15 is 0 Å². The molecule has 4 N–H and O–H groups in total. The molecule has 0 bridgehead atoms. The summed E-state index contributed by atoms with van der Waals surface area (Å²) in [4.78, 5) is 38.4. The quantitative estimate of drug-likeness (QED) is 0.347. The van der Waals surface area contributed by atoms with E-state index in [1.54, 1.807) is 67.7 Å². The lowest BCUT2D eigenvalue weighted by atomic mass is 10.1. The number of hydrogen-bond acceptors (Lipinski definition) is 4. The average Bonchev–Trinajstić information content (AvgIpc) is 3.31. The molecule has 0 radical (unpaired) electrons. The molecule has 4 rings (SSSR count). The first-order chi connectivity index (χ1) is 16.0. The van der Waals surface area contributed by atoms with Crippen LogP contribution in [0, 0.1) is 0 Å². The van der Waals surface area contributed by atoms with Crippen LogP contribution in [-0.4, -0.2) is 34.0 Å². The summed E-state index contributed by atoms with van der Waals surface area (Å²) in [5, 5.41) is 15.9. The first-order valence-corrected chi connectivity index (χ1v) is 10.6. The van der Waals surface area contributed by atoms with Crippen molar-refractivity contribution in [3.8, 4) is 0 Å². The lowest BCUT2D eigenvalue weighted by molar-refractivity contribution is -0.118.